The maximum absolute atomic E-state index is 12.0. The summed E-state index contributed by atoms with van der Waals surface area (Å²) in [4.78, 5) is 17.3. The Balaban J connectivity index is 2.37. The van der Waals surface area contributed by atoms with Crippen molar-refractivity contribution in [3.8, 4) is 0 Å². The van der Waals surface area contributed by atoms with Gasteiger partial charge in [0.05, 0.1) is 13.2 Å². The van der Waals surface area contributed by atoms with Crippen molar-refractivity contribution in [2.24, 2.45) is 10.9 Å². The second-order valence-corrected chi connectivity index (χ2v) is 5.72. The summed E-state index contributed by atoms with van der Waals surface area (Å²) < 4.78 is 4.88. The second-order valence-electron chi connectivity index (χ2n) is 4.45. The standard InChI is InChI=1S/C14H16N2O2S2/c1-8-11(13(17)18-2)12(16-14(19)15-8)9-4-6-10(20-3)7-5-9/h4-7,11-12H,1-3H3,(H,16,19). The largest absolute Gasteiger partial charge is 0.468 e. The molecule has 2 unspecified atom stereocenters. The van der Waals surface area contributed by atoms with E-state index in [0.717, 1.165) is 5.56 Å². The van der Waals surface area contributed by atoms with Gasteiger partial charge in [-0.05, 0) is 43.1 Å². The molecule has 1 aromatic rings. The van der Waals surface area contributed by atoms with Crippen LogP contribution >= 0.6 is 24.0 Å². The van der Waals surface area contributed by atoms with E-state index in [1.54, 1.807) is 18.7 Å². The van der Waals surface area contributed by atoms with Gasteiger partial charge in [0.15, 0.2) is 5.11 Å². The van der Waals surface area contributed by atoms with Crippen molar-refractivity contribution < 1.29 is 9.53 Å². The molecule has 0 bridgehead atoms. The molecule has 1 aliphatic rings. The third-order valence-electron chi connectivity index (χ3n) is 3.27. The molecule has 1 N–H and O–H groups in total. The van der Waals surface area contributed by atoms with Gasteiger partial charge in [-0.25, -0.2) is 4.99 Å². The molecule has 0 saturated heterocycles. The van der Waals surface area contributed by atoms with Gasteiger partial charge in [0.1, 0.15) is 5.92 Å². The van der Waals surface area contributed by atoms with Crippen molar-refractivity contribution in [1.82, 2.24) is 5.32 Å². The Morgan fingerprint density at radius 3 is 2.60 bits per heavy atom. The van der Waals surface area contributed by atoms with Crippen LogP contribution in [-0.2, 0) is 9.53 Å². The number of methoxy groups -OCH3 is 1. The number of esters is 1. The van der Waals surface area contributed by atoms with Crippen LogP contribution in [0.4, 0.5) is 0 Å². The number of nitrogens with one attached hydrogen (secondary N) is 1. The van der Waals surface area contributed by atoms with Gasteiger partial charge in [0.25, 0.3) is 0 Å². The summed E-state index contributed by atoms with van der Waals surface area (Å²) in [5, 5.41) is 3.51. The maximum Gasteiger partial charge on any atom is 0.316 e. The van der Waals surface area contributed by atoms with E-state index >= 15 is 0 Å². The third kappa shape index (κ3) is 3.02. The topological polar surface area (TPSA) is 50.7 Å². The van der Waals surface area contributed by atoms with E-state index < -0.39 is 5.92 Å². The number of aliphatic imine (C=N–C) groups is 1. The minimum atomic E-state index is -0.452. The van der Waals surface area contributed by atoms with Crippen LogP contribution in [0.3, 0.4) is 0 Å². The first-order chi connectivity index (χ1) is 9.56. The maximum atomic E-state index is 12.0. The molecule has 0 aliphatic carbocycles. The van der Waals surface area contributed by atoms with Crippen LogP contribution in [0.25, 0.3) is 0 Å². The zero-order chi connectivity index (χ0) is 14.7. The molecule has 0 radical (unpaired) electrons. The Labute approximate surface area is 128 Å². The number of hydrogen-bond donors (Lipinski definition) is 1. The van der Waals surface area contributed by atoms with E-state index in [2.05, 4.69) is 10.3 Å². The molecule has 4 nitrogen and oxygen atoms in total. The fourth-order valence-corrected chi connectivity index (χ4v) is 2.92. The number of thiocarbonyl (C=S) groups is 1. The van der Waals surface area contributed by atoms with Gasteiger partial charge in [-0.1, -0.05) is 12.1 Å². The normalized spacial score (nSPS) is 21.9. The Bertz CT molecular complexity index is 555. The van der Waals surface area contributed by atoms with E-state index in [4.69, 9.17) is 17.0 Å². The first kappa shape index (κ1) is 15.0. The van der Waals surface area contributed by atoms with Crippen LogP contribution in [0.2, 0.25) is 0 Å². The monoisotopic (exact) mass is 308 g/mol. The summed E-state index contributed by atoms with van der Waals surface area (Å²) in [6.45, 7) is 1.80. The number of benzene rings is 1. The molecule has 0 fully saturated rings. The molecular formula is C14H16N2O2S2. The van der Waals surface area contributed by atoms with Gasteiger partial charge < -0.3 is 10.1 Å². The number of ether oxygens (including phenoxy) is 1. The molecule has 2 rings (SSSR count). The summed E-state index contributed by atoms with van der Waals surface area (Å²) in [5.41, 5.74) is 1.68. The molecule has 20 heavy (non-hydrogen) atoms. The first-order valence-electron chi connectivity index (χ1n) is 6.14. The quantitative estimate of drug-likeness (QED) is 0.528. The molecule has 0 aromatic heterocycles. The lowest BCUT2D eigenvalue weighted by molar-refractivity contribution is -0.143. The lowest BCUT2D eigenvalue weighted by atomic mass is 9.88. The van der Waals surface area contributed by atoms with Gasteiger partial charge >= 0.3 is 5.97 Å². The first-order valence-corrected chi connectivity index (χ1v) is 7.77. The van der Waals surface area contributed by atoms with Crippen molar-refractivity contribution >= 4 is 40.8 Å². The van der Waals surface area contributed by atoms with Gasteiger partial charge in [-0.15, -0.1) is 11.8 Å². The average molecular weight is 308 g/mol. The lowest BCUT2D eigenvalue weighted by Crippen LogP contribution is -2.43. The highest BCUT2D eigenvalue weighted by Crippen LogP contribution is 2.29. The zero-order valence-corrected chi connectivity index (χ0v) is 13.2. The third-order valence-corrected chi connectivity index (χ3v) is 4.22. The minimum absolute atomic E-state index is 0.233. The molecule has 1 heterocycles. The Morgan fingerprint density at radius 1 is 1.40 bits per heavy atom. The highest BCUT2D eigenvalue weighted by atomic mass is 32.2. The summed E-state index contributed by atoms with van der Waals surface area (Å²) in [6, 6.07) is 7.82. The number of carbonyl (C=O) groups excluding carboxylic acids is 1. The summed E-state index contributed by atoms with van der Waals surface area (Å²) in [5.74, 6) is -0.757. The van der Waals surface area contributed by atoms with Gasteiger partial charge in [-0.3, -0.25) is 4.79 Å². The molecule has 0 spiro atoms. The van der Waals surface area contributed by atoms with Crippen LogP contribution in [0.15, 0.2) is 34.2 Å². The van der Waals surface area contributed by atoms with Crippen LogP contribution < -0.4 is 5.32 Å². The van der Waals surface area contributed by atoms with Gasteiger partial charge in [-0.2, -0.15) is 0 Å². The van der Waals surface area contributed by atoms with Crippen molar-refractivity contribution in [2.75, 3.05) is 13.4 Å². The molecule has 6 heteroatoms. The molecule has 0 saturated carbocycles. The molecule has 0 amide bonds. The van der Waals surface area contributed by atoms with Gasteiger partial charge in [0, 0.05) is 10.6 Å². The lowest BCUT2D eigenvalue weighted by Gasteiger charge is -2.30. The van der Waals surface area contributed by atoms with Crippen molar-refractivity contribution in [2.45, 2.75) is 17.9 Å². The van der Waals surface area contributed by atoms with E-state index in [9.17, 15) is 4.79 Å². The number of rotatable bonds is 3. The summed E-state index contributed by atoms with van der Waals surface area (Å²) in [6.07, 6.45) is 2.02. The van der Waals surface area contributed by atoms with Crippen molar-refractivity contribution in [1.29, 1.82) is 0 Å². The van der Waals surface area contributed by atoms with Crippen LogP contribution in [-0.4, -0.2) is 30.2 Å². The molecular weight excluding hydrogens is 292 g/mol. The fraction of sp³-hybridized carbons (Fsp3) is 0.357. The zero-order valence-electron chi connectivity index (χ0n) is 11.5. The summed E-state index contributed by atoms with van der Waals surface area (Å²) in [7, 11) is 1.39. The minimum Gasteiger partial charge on any atom is -0.468 e. The van der Waals surface area contributed by atoms with Crippen molar-refractivity contribution in [3.05, 3.63) is 29.8 Å². The predicted molar refractivity (Wildman–Crippen MR) is 85.3 cm³/mol. The number of hydrogen-bond acceptors (Lipinski definition) is 4. The Morgan fingerprint density at radius 2 is 2.05 bits per heavy atom. The predicted octanol–water partition coefficient (Wildman–Crippen LogP) is 2.59. The Kier molecular flexibility index (Phi) is 4.77. The second kappa shape index (κ2) is 6.37. The van der Waals surface area contributed by atoms with Crippen LogP contribution in [0.5, 0.6) is 0 Å². The summed E-state index contributed by atoms with van der Waals surface area (Å²) >= 11 is 6.80. The van der Waals surface area contributed by atoms with E-state index in [1.807, 2.05) is 30.5 Å². The van der Waals surface area contributed by atoms with Crippen LogP contribution in [0.1, 0.15) is 18.5 Å². The van der Waals surface area contributed by atoms with Crippen molar-refractivity contribution in [3.63, 3.8) is 0 Å². The number of thioether (sulfide) groups is 1. The molecule has 106 valence electrons. The van der Waals surface area contributed by atoms with Gasteiger partial charge in [0.2, 0.25) is 0 Å². The van der Waals surface area contributed by atoms with E-state index in [1.165, 1.54) is 12.0 Å². The SMILES string of the molecule is COC(=O)C1C(C)=NC(=S)NC1c1ccc(SC)cc1. The van der Waals surface area contributed by atoms with Crippen LogP contribution in [0, 0.1) is 5.92 Å². The Hall–Kier alpha value is -1.40. The smallest absolute Gasteiger partial charge is 0.316 e. The highest BCUT2D eigenvalue weighted by Gasteiger charge is 2.36. The van der Waals surface area contributed by atoms with E-state index in [-0.39, 0.29) is 12.0 Å². The van der Waals surface area contributed by atoms with E-state index in [0.29, 0.717) is 10.8 Å². The molecule has 1 aliphatic heterocycles. The fourth-order valence-electron chi connectivity index (χ4n) is 2.24. The highest BCUT2D eigenvalue weighted by molar-refractivity contribution is 7.98. The average Bonchev–Trinajstić information content (AvgIpc) is 2.46. The molecule has 2 atom stereocenters. The number of nitrogens with zero attached hydrogens (tertiary/aromatic N) is 1. The molecule has 1 aromatic carbocycles. The number of carbonyl (C=O) groups is 1.